The van der Waals surface area contributed by atoms with E-state index in [-0.39, 0.29) is 29.1 Å². The standard InChI is InChI=1S/C21H22ClNO5/c1-14(2)23(16-7-4-3-5-8-16)19(24)13-28-21(25)15-11-17(22)20-18(12-15)26-9-6-10-27-20/h3-5,7-8,11-12,14H,6,9-10,13H2,1-2H3. The molecule has 2 aromatic rings. The minimum atomic E-state index is -0.650. The van der Waals surface area contributed by atoms with Crippen LogP contribution in [0, 0.1) is 0 Å². The molecule has 0 saturated carbocycles. The molecule has 0 aromatic heterocycles. The van der Waals surface area contributed by atoms with Crippen molar-refractivity contribution in [2.45, 2.75) is 26.3 Å². The second-order valence-electron chi connectivity index (χ2n) is 6.60. The molecule has 7 heteroatoms. The van der Waals surface area contributed by atoms with Crippen molar-refractivity contribution in [2.75, 3.05) is 24.7 Å². The zero-order valence-electron chi connectivity index (χ0n) is 15.8. The number of nitrogens with zero attached hydrogens (tertiary/aromatic N) is 1. The number of hydrogen-bond acceptors (Lipinski definition) is 5. The fourth-order valence-electron chi connectivity index (χ4n) is 2.95. The SMILES string of the molecule is CC(C)N(C(=O)COC(=O)c1cc(Cl)c2c(c1)OCCCO2)c1ccccc1. The third-order valence-corrected chi connectivity index (χ3v) is 4.46. The maximum Gasteiger partial charge on any atom is 0.338 e. The predicted molar refractivity (Wildman–Crippen MR) is 106 cm³/mol. The van der Waals surface area contributed by atoms with Crippen LogP contribution in [0.2, 0.25) is 5.02 Å². The van der Waals surface area contributed by atoms with Crippen molar-refractivity contribution < 1.29 is 23.8 Å². The Bertz CT molecular complexity index is 853. The highest BCUT2D eigenvalue weighted by atomic mass is 35.5. The third kappa shape index (κ3) is 4.57. The van der Waals surface area contributed by atoms with Crippen molar-refractivity contribution in [3.8, 4) is 11.5 Å². The maximum atomic E-state index is 12.6. The molecule has 0 radical (unpaired) electrons. The number of carbonyl (C=O) groups excluding carboxylic acids is 2. The topological polar surface area (TPSA) is 65.1 Å². The summed E-state index contributed by atoms with van der Waals surface area (Å²) in [6.45, 7) is 4.39. The molecular formula is C21H22ClNO5. The monoisotopic (exact) mass is 403 g/mol. The minimum absolute atomic E-state index is 0.0823. The van der Waals surface area contributed by atoms with E-state index in [1.807, 2.05) is 44.2 Å². The summed E-state index contributed by atoms with van der Waals surface area (Å²) >= 11 is 6.21. The lowest BCUT2D eigenvalue weighted by atomic mass is 10.2. The van der Waals surface area contributed by atoms with E-state index >= 15 is 0 Å². The Morgan fingerprint density at radius 3 is 2.57 bits per heavy atom. The fraction of sp³-hybridized carbons (Fsp3) is 0.333. The number of para-hydroxylation sites is 1. The first kappa shape index (κ1) is 20.0. The number of carbonyl (C=O) groups is 2. The lowest BCUT2D eigenvalue weighted by Crippen LogP contribution is -2.39. The zero-order valence-corrected chi connectivity index (χ0v) is 16.6. The van der Waals surface area contributed by atoms with Gasteiger partial charge in [-0.05, 0) is 38.1 Å². The highest BCUT2D eigenvalue weighted by Gasteiger charge is 2.23. The van der Waals surface area contributed by atoms with Crippen molar-refractivity contribution in [3.05, 3.63) is 53.1 Å². The summed E-state index contributed by atoms with van der Waals surface area (Å²) in [6, 6.07) is 12.2. The van der Waals surface area contributed by atoms with Crippen molar-refractivity contribution in [2.24, 2.45) is 0 Å². The molecule has 0 aliphatic carbocycles. The molecule has 1 aliphatic heterocycles. The first-order valence-corrected chi connectivity index (χ1v) is 9.48. The molecule has 3 rings (SSSR count). The third-order valence-electron chi connectivity index (χ3n) is 4.18. The van der Waals surface area contributed by atoms with Gasteiger partial charge in [-0.1, -0.05) is 29.8 Å². The van der Waals surface area contributed by atoms with Crippen LogP contribution in [0.25, 0.3) is 0 Å². The molecule has 28 heavy (non-hydrogen) atoms. The van der Waals surface area contributed by atoms with Crippen LogP contribution in [0.5, 0.6) is 11.5 Å². The van der Waals surface area contributed by atoms with Gasteiger partial charge in [0.05, 0.1) is 23.8 Å². The maximum absolute atomic E-state index is 12.6. The highest BCUT2D eigenvalue weighted by Crippen LogP contribution is 2.38. The van der Waals surface area contributed by atoms with E-state index in [0.717, 1.165) is 12.1 Å². The van der Waals surface area contributed by atoms with Gasteiger partial charge in [-0.2, -0.15) is 0 Å². The van der Waals surface area contributed by atoms with E-state index < -0.39 is 5.97 Å². The normalized spacial score (nSPS) is 13.0. The molecule has 1 aliphatic rings. The Hall–Kier alpha value is -2.73. The van der Waals surface area contributed by atoms with Crippen LogP contribution in [-0.4, -0.2) is 37.7 Å². The number of amides is 1. The van der Waals surface area contributed by atoms with E-state index in [1.54, 1.807) is 4.90 Å². The molecule has 148 valence electrons. The van der Waals surface area contributed by atoms with Gasteiger partial charge in [0.15, 0.2) is 18.1 Å². The first-order valence-electron chi connectivity index (χ1n) is 9.10. The van der Waals surface area contributed by atoms with Crippen LogP contribution in [0.1, 0.15) is 30.6 Å². The smallest absolute Gasteiger partial charge is 0.338 e. The van der Waals surface area contributed by atoms with E-state index in [1.165, 1.54) is 12.1 Å². The van der Waals surface area contributed by atoms with Gasteiger partial charge in [0.25, 0.3) is 5.91 Å². The molecule has 0 spiro atoms. The summed E-state index contributed by atoms with van der Waals surface area (Å²) in [4.78, 5) is 26.7. The molecule has 0 N–H and O–H groups in total. The van der Waals surface area contributed by atoms with E-state index in [4.69, 9.17) is 25.8 Å². The number of rotatable bonds is 5. The summed E-state index contributed by atoms with van der Waals surface area (Å²) in [6.07, 6.45) is 0.726. The zero-order chi connectivity index (χ0) is 20.1. The van der Waals surface area contributed by atoms with Crippen LogP contribution in [-0.2, 0) is 9.53 Å². The average Bonchev–Trinajstić information content (AvgIpc) is 2.92. The van der Waals surface area contributed by atoms with Gasteiger partial charge in [0, 0.05) is 18.2 Å². The molecule has 0 bridgehead atoms. The summed E-state index contributed by atoms with van der Waals surface area (Å²) in [5, 5.41) is 0.269. The molecule has 6 nitrogen and oxygen atoms in total. The number of ether oxygens (including phenoxy) is 3. The lowest BCUT2D eigenvalue weighted by Gasteiger charge is -2.26. The van der Waals surface area contributed by atoms with Crippen molar-refractivity contribution in [1.29, 1.82) is 0 Å². The van der Waals surface area contributed by atoms with Gasteiger partial charge >= 0.3 is 5.97 Å². The second-order valence-corrected chi connectivity index (χ2v) is 7.01. The van der Waals surface area contributed by atoms with Crippen LogP contribution >= 0.6 is 11.6 Å². The Morgan fingerprint density at radius 2 is 1.86 bits per heavy atom. The lowest BCUT2D eigenvalue weighted by molar-refractivity contribution is -0.122. The van der Waals surface area contributed by atoms with Gasteiger partial charge in [0.2, 0.25) is 0 Å². The molecular weight excluding hydrogens is 382 g/mol. The van der Waals surface area contributed by atoms with Crippen LogP contribution < -0.4 is 14.4 Å². The number of halogens is 1. The number of fused-ring (bicyclic) bond motifs is 1. The molecule has 0 atom stereocenters. The van der Waals surface area contributed by atoms with Gasteiger partial charge in [-0.15, -0.1) is 0 Å². The number of hydrogen-bond donors (Lipinski definition) is 0. The van der Waals surface area contributed by atoms with Crippen LogP contribution in [0.4, 0.5) is 5.69 Å². The number of esters is 1. The van der Waals surface area contributed by atoms with Crippen molar-refractivity contribution >= 4 is 29.2 Å². The van der Waals surface area contributed by atoms with Crippen LogP contribution in [0.15, 0.2) is 42.5 Å². The molecule has 2 aromatic carbocycles. The number of anilines is 1. The van der Waals surface area contributed by atoms with Crippen molar-refractivity contribution in [1.82, 2.24) is 0 Å². The quantitative estimate of drug-likeness (QED) is 0.703. The van der Waals surface area contributed by atoms with E-state index in [9.17, 15) is 9.59 Å². The Kier molecular flexibility index (Phi) is 6.41. The highest BCUT2D eigenvalue weighted by molar-refractivity contribution is 6.32. The summed E-state index contributed by atoms with van der Waals surface area (Å²) in [7, 11) is 0. The summed E-state index contributed by atoms with van der Waals surface area (Å²) in [5.41, 5.74) is 0.954. The minimum Gasteiger partial charge on any atom is -0.489 e. The fourth-order valence-corrected chi connectivity index (χ4v) is 3.21. The predicted octanol–water partition coefficient (Wildman–Crippen LogP) is 4.10. The average molecular weight is 404 g/mol. The molecule has 0 fully saturated rings. The first-order chi connectivity index (χ1) is 13.5. The molecule has 1 heterocycles. The van der Waals surface area contributed by atoms with Crippen LogP contribution in [0.3, 0.4) is 0 Å². The van der Waals surface area contributed by atoms with Gasteiger partial charge in [0.1, 0.15) is 0 Å². The second kappa shape index (κ2) is 8.97. The summed E-state index contributed by atoms with van der Waals surface area (Å²) in [5.74, 6) is -0.143. The molecule has 1 amide bonds. The Morgan fingerprint density at radius 1 is 1.14 bits per heavy atom. The Balaban J connectivity index is 1.70. The van der Waals surface area contributed by atoms with Gasteiger partial charge < -0.3 is 19.1 Å². The van der Waals surface area contributed by atoms with E-state index in [2.05, 4.69) is 0 Å². The summed E-state index contributed by atoms with van der Waals surface area (Å²) < 4.78 is 16.4. The molecule has 0 saturated heterocycles. The van der Waals surface area contributed by atoms with Gasteiger partial charge in [-0.25, -0.2) is 4.79 Å². The largest absolute Gasteiger partial charge is 0.489 e. The number of benzene rings is 2. The van der Waals surface area contributed by atoms with E-state index in [0.29, 0.717) is 24.7 Å². The van der Waals surface area contributed by atoms with Crippen molar-refractivity contribution in [3.63, 3.8) is 0 Å². The Labute approximate surface area is 168 Å². The molecule has 0 unspecified atom stereocenters. The van der Waals surface area contributed by atoms with Gasteiger partial charge in [-0.3, -0.25) is 4.79 Å².